The predicted octanol–water partition coefficient (Wildman–Crippen LogP) is 1.28. The van der Waals surface area contributed by atoms with Crippen LogP contribution in [0.4, 0.5) is 0 Å². The molecule has 2 aromatic rings. The highest BCUT2D eigenvalue weighted by molar-refractivity contribution is 5.27. The van der Waals surface area contributed by atoms with Gasteiger partial charge >= 0.3 is 0 Å². The van der Waals surface area contributed by atoms with Crippen LogP contribution in [0.2, 0.25) is 0 Å². The van der Waals surface area contributed by atoms with Crippen molar-refractivity contribution in [2.45, 2.75) is 26.4 Å². The minimum Gasteiger partial charge on any atom is -0.506 e. The van der Waals surface area contributed by atoms with Gasteiger partial charge in [-0.25, -0.2) is 0 Å². The molecule has 0 aromatic carbocycles. The fourth-order valence-electron chi connectivity index (χ4n) is 2.72. The van der Waals surface area contributed by atoms with E-state index in [0.717, 1.165) is 25.3 Å². The van der Waals surface area contributed by atoms with Crippen molar-refractivity contribution in [2.24, 2.45) is 0 Å². The van der Waals surface area contributed by atoms with Crippen molar-refractivity contribution in [3.63, 3.8) is 0 Å². The summed E-state index contributed by atoms with van der Waals surface area (Å²) in [4.78, 5) is 13.2. The van der Waals surface area contributed by atoms with Gasteiger partial charge in [-0.1, -0.05) is 5.16 Å². The number of pyridine rings is 1. The number of piperazine rings is 1. The SMILES string of the molecule is Cc1ccc(O)c(CN2CCN(C)[C@@H](c3nc(C)no3)C2)n1. The van der Waals surface area contributed by atoms with Gasteiger partial charge in [-0.2, -0.15) is 4.98 Å². The van der Waals surface area contributed by atoms with Crippen molar-refractivity contribution in [3.8, 4) is 5.75 Å². The number of hydrogen-bond acceptors (Lipinski definition) is 7. The normalized spacial score (nSPS) is 20.4. The van der Waals surface area contributed by atoms with E-state index in [2.05, 4.69) is 32.0 Å². The van der Waals surface area contributed by atoms with E-state index in [9.17, 15) is 5.11 Å². The number of hydrogen-bond donors (Lipinski definition) is 1. The number of aromatic hydroxyl groups is 1. The molecule has 3 heterocycles. The second kappa shape index (κ2) is 6.02. The van der Waals surface area contributed by atoms with Crippen LogP contribution in [-0.4, -0.2) is 56.7 Å². The van der Waals surface area contributed by atoms with Gasteiger partial charge in [0.25, 0.3) is 0 Å². The van der Waals surface area contributed by atoms with Crippen molar-refractivity contribution in [1.29, 1.82) is 0 Å². The van der Waals surface area contributed by atoms with E-state index in [0.29, 0.717) is 24.0 Å². The Balaban J connectivity index is 1.74. The molecule has 1 aliphatic heterocycles. The number of aryl methyl sites for hydroxylation is 2. The van der Waals surface area contributed by atoms with Crippen LogP contribution in [-0.2, 0) is 6.54 Å². The standard InChI is InChI=1S/C15H21N5O2/c1-10-4-5-14(21)12(16-10)8-20-7-6-19(3)13(9-20)15-17-11(2)18-22-15/h4-5,13,21H,6-9H2,1-3H3/t13-/m1/s1. The van der Waals surface area contributed by atoms with Gasteiger partial charge in [0.1, 0.15) is 11.8 Å². The fraction of sp³-hybridized carbons (Fsp3) is 0.533. The van der Waals surface area contributed by atoms with E-state index in [1.54, 1.807) is 6.07 Å². The molecule has 0 saturated carbocycles. The molecule has 1 N–H and O–H groups in total. The van der Waals surface area contributed by atoms with Crippen LogP contribution in [0, 0.1) is 13.8 Å². The summed E-state index contributed by atoms with van der Waals surface area (Å²) in [5, 5.41) is 13.8. The van der Waals surface area contributed by atoms with Crippen LogP contribution in [0.3, 0.4) is 0 Å². The molecule has 7 heteroatoms. The molecule has 1 saturated heterocycles. The molecule has 0 spiro atoms. The summed E-state index contributed by atoms with van der Waals surface area (Å²) in [6.07, 6.45) is 0. The molecule has 0 bridgehead atoms. The minimum absolute atomic E-state index is 0.0712. The van der Waals surface area contributed by atoms with Crippen LogP contribution in [0.5, 0.6) is 5.75 Å². The summed E-state index contributed by atoms with van der Waals surface area (Å²) in [5.41, 5.74) is 1.62. The first-order valence-corrected chi connectivity index (χ1v) is 7.41. The van der Waals surface area contributed by atoms with Gasteiger partial charge in [0.2, 0.25) is 5.89 Å². The summed E-state index contributed by atoms with van der Waals surface area (Å²) >= 11 is 0. The maximum absolute atomic E-state index is 9.96. The summed E-state index contributed by atoms with van der Waals surface area (Å²) in [6.45, 7) is 6.95. The first kappa shape index (κ1) is 14.9. The first-order valence-electron chi connectivity index (χ1n) is 7.41. The van der Waals surface area contributed by atoms with Crippen LogP contribution in [0.15, 0.2) is 16.7 Å². The average molecular weight is 303 g/mol. The number of nitrogens with zero attached hydrogens (tertiary/aromatic N) is 5. The van der Waals surface area contributed by atoms with E-state index in [-0.39, 0.29) is 11.8 Å². The molecule has 22 heavy (non-hydrogen) atoms. The van der Waals surface area contributed by atoms with Crippen LogP contribution in [0.1, 0.15) is 29.1 Å². The van der Waals surface area contributed by atoms with E-state index < -0.39 is 0 Å². The third-order valence-corrected chi connectivity index (χ3v) is 4.02. The third-order valence-electron chi connectivity index (χ3n) is 4.02. The maximum atomic E-state index is 9.96. The topological polar surface area (TPSA) is 78.5 Å². The second-order valence-electron chi connectivity index (χ2n) is 5.83. The number of aromatic nitrogens is 3. The Bertz CT molecular complexity index is 657. The van der Waals surface area contributed by atoms with Crippen molar-refractivity contribution >= 4 is 0 Å². The van der Waals surface area contributed by atoms with Crippen LogP contribution < -0.4 is 0 Å². The quantitative estimate of drug-likeness (QED) is 0.915. The number of rotatable bonds is 3. The molecule has 0 aliphatic carbocycles. The lowest BCUT2D eigenvalue weighted by Gasteiger charge is -2.37. The predicted molar refractivity (Wildman–Crippen MR) is 80.3 cm³/mol. The first-order chi connectivity index (χ1) is 10.5. The van der Waals surface area contributed by atoms with Crippen LogP contribution in [0.25, 0.3) is 0 Å². The average Bonchev–Trinajstić information content (AvgIpc) is 2.91. The highest BCUT2D eigenvalue weighted by Crippen LogP contribution is 2.25. The highest BCUT2D eigenvalue weighted by atomic mass is 16.5. The monoisotopic (exact) mass is 303 g/mol. The van der Waals surface area contributed by atoms with Crippen molar-refractivity contribution in [1.82, 2.24) is 24.9 Å². The Morgan fingerprint density at radius 1 is 1.27 bits per heavy atom. The van der Waals surface area contributed by atoms with Gasteiger partial charge in [0, 0.05) is 31.9 Å². The molecular weight excluding hydrogens is 282 g/mol. The van der Waals surface area contributed by atoms with Crippen LogP contribution >= 0.6 is 0 Å². The lowest BCUT2D eigenvalue weighted by Crippen LogP contribution is -2.46. The zero-order valence-corrected chi connectivity index (χ0v) is 13.2. The number of likely N-dealkylation sites (N-methyl/N-ethyl adjacent to an activating group) is 1. The molecule has 0 radical (unpaired) electrons. The van der Waals surface area contributed by atoms with E-state index >= 15 is 0 Å². The second-order valence-corrected chi connectivity index (χ2v) is 5.83. The molecule has 1 atom stereocenters. The summed E-state index contributed by atoms with van der Waals surface area (Å²) in [7, 11) is 2.06. The lowest BCUT2D eigenvalue weighted by molar-refractivity contribution is 0.0702. The smallest absolute Gasteiger partial charge is 0.245 e. The third kappa shape index (κ3) is 3.10. The minimum atomic E-state index is 0.0712. The molecule has 7 nitrogen and oxygen atoms in total. The van der Waals surface area contributed by atoms with Gasteiger partial charge in [-0.05, 0) is 33.0 Å². The Morgan fingerprint density at radius 2 is 2.09 bits per heavy atom. The van der Waals surface area contributed by atoms with Crippen molar-refractivity contribution in [3.05, 3.63) is 35.2 Å². The largest absolute Gasteiger partial charge is 0.506 e. The molecule has 1 aliphatic rings. The molecular formula is C15H21N5O2. The summed E-state index contributed by atoms with van der Waals surface area (Å²) in [6, 6.07) is 3.58. The zero-order valence-electron chi connectivity index (χ0n) is 13.2. The Kier molecular flexibility index (Phi) is 4.08. The Morgan fingerprint density at radius 3 is 2.82 bits per heavy atom. The van der Waals surface area contributed by atoms with E-state index in [4.69, 9.17) is 4.52 Å². The van der Waals surface area contributed by atoms with Crippen molar-refractivity contribution in [2.75, 3.05) is 26.7 Å². The summed E-state index contributed by atoms with van der Waals surface area (Å²) < 4.78 is 5.32. The molecule has 118 valence electrons. The molecule has 1 fully saturated rings. The lowest BCUT2D eigenvalue weighted by atomic mass is 10.1. The Labute approximate surface area is 129 Å². The van der Waals surface area contributed by atoms with Gasteiger partial charge in [0.15, 0.2) is 5.82 Å². The van der Waals surface area contributed by atoms with Gasteiger partial charge in [-0.15, -0.1) is 0 Å². The maximum Gasteiger partial charge on any atom is 0.245 e. The van der Waals surface area contributed by atoms with Gasteiger partial charge in [-0.3, -0.25) is 14.8 Å². The van der Waals surface area contributed by atoms with E-state index in [1.807, 2.05) is 19.9 Å². The summed E-state index contributed by atoms with van der Waals surface area (Å²) in [5.74, 6) is 1.54. The zero-order chi connectivity index (χ0) is 15.7. The molecule has 0 amide bonds. The molecule has 2 aromatic heterocycles. The molecule has 3 rings (SSSR count). The fourth-order valence-corrected chi connectivity index (χ4v) is 2.72. The van der Waals surface area contributed by atoms with E-state index in [1.165, 1.54) is 0 Å². The molecule has 0 unspecified atom stereocenters. The van der Waals surface area contributed by atoms with Crippen molar-refractivity contribution < 1.29 is 9.63 Å². The Hall–Kier alpha value is -1.99. The highest BCUT2D eigenvalue weighted by Gasteiger charge is 2.30. The van der Waals surface area contributed by atoms with Gasteiger partial charge < -0.3 is 9.63 Å². The van der Waals surface area contributed by atoms with Gasteiger partial charge in [0.05, 0.1) is 5.69 Å².